The Bertz CT molecular complexity index is 1300. The van der Waals surface area contributed by atoms with Gasteiger partial charge in [-0.3, -0.25) is 9.36 Å². The van der Waals surface area contributed by atoms with Crippen LogP contribution in [-0.4, -0.2) is 68.5 Å². The molecule has 0 aliphatic heterocycles. The standard InChI is InChI=1S/C49H83N2O6P/c1-6-8-10-12-14-16-18-20-21-22-23-24-25-26-27-28-29-31-33-35-37-39-41-43-49(53)50-47(46-57-58(54,55)56-45-44-51(3,4)5)48(52)42-40-38-36-34-32-30-19-17-15-13-11-9-7-2/h8,10,14-17,20-21,23-24,26-27,29,31-32,34,40,42,47-48,52H,6-7,9,11-13,18-19,22,25,28,30,33,35-39,41,43-46H2,1-5H3,(H-,50,53,54,55)/b10-8-,16-14-,17-15+,21-20-,24-23-,27-26-,31-29-,34-32+,42-40+. The van der Waals surface area contributed by atoms with Crippen LogP contribution in [0.4, 0.5) is 0 Å². The van der Waals surface area contributed by atoms with E-state index in [9.17, 15) is 19.4 Å². The van der Waals surface area contributed by atoms with Gasteiger partial charge in [-0.25, -0.2) is 0 Å². The Kier molecular flexibility index (Phi) is 37.7. The zero-order chi connectivity index (χ0) is 42.8. The van der Waals surface area contributed by atoms with Crippen LogP contribution in [0.1, 0.15) is 142 Å². The number of hydrogen-bond donors (Lipinski definition) is 2. The van der Waals surface area contributed by atoms with Crippen LogP contribution in [0.2, 0.25) is 0 Å². The van der Waals surface area contributed by atoms with Gasteiger partial charge >= 0.3 is 0 Å². The van der Waals surface area contributed by atoms with Gasteiger partial charge < -0.3 is 28.8 Å². The number of phosphoric acid groups is 1. The third-order valence-corrected chi connectivity index (χ3v) is 9.91. The van der Waals surface area contributed by atoms with Crippen molar-refractivity contribution in [1.29, 1.82) is 0 Å². The summed E-state index contributed by atoms with van der Waals surface area (Å²) < 4.78 is 23.1. The van der Waals surface area contributed by atoms with Gasteiger partial charge in [0.25, 0.3) is 7.82 Å². The van der Waals surface area contributed by atoms with Crippen molar-refractivity contribution in [2.75, 3.05) is 40.9 Å². The van der Waals surface area contributed by atoms with Gasteiger partial charge in [0.15, 0.2) is 0 Å². The fourth-order valence-corrected chi connectivity index (χ4v) is 6.14. The number of amides is 1. The van der Waals surface area contributed by atoms with E-state index in [1.807, 2.05) is 27.2 Å². The summed E-state index contributed by atoms with van der Waals surface area (Å²) in [5.41, 5.74) is 0. The van der Waals surface area contributed by atoms with E-state index in [1.54, 1.807) is 6.08 Å². The van der Waals surface area contributed by atoms with Gasteiger partial charge in [0.05, 0.1) is 39.9 Å². The van der Waals surface area contributed by atoms with Gasteiger partial charge in [0.1, 0.15) is 13.2 Å². The highest BCUT2D eigenvalue weighted by molar-refractivity contribution is 7.45. The molecule has 1 amide bonds. The number of unbranched alkanes of at least 4 members (excludes halogenated alkanes) is 9. The van der Waals surface area contributed by atoms with E-state index in [-0.39, 0.29) is 12.5 Å². The molecule has 0 aromatic heterocycles. The summed E-state index contributed by atoms with van der Waals surface area (Å²) in [6, 6.07) is -0.930. The number of hydrogen-bond acceptors (Lipinski definition) is 6. The van der Waals surface area contributed by atoms with Crippen LogP contribution in [0.3, 0.4) is 0 Å². The minimum Gasteiger partial charge on any atom is -0.756 e. The Balaban J connectivity index is 4.52. The van der Waals surface area contributed by atoms with Crippen molar-refractivity contribution in [2.45, 2.75) is 154 Å². The summed E-state index contributed by atoms with van der Waals surface area (Å²) in [6.45, 7) is 4.41. The molecule has 0 aromatic rings. The second-order valence-corrected chi connectivity index (χ2v) is 17.1. The molecule has 3 unspecified atom stereocenters. The summed E-state index contributed by atoms with van der Waals surface area (Å²) in [4.78, 5) is 25.3. The van der Waals surface area contributed by atoms with Gasteiger partial charge in [-0.1, -0.05) is 149 Å². The predicted octanol–water partition coefficient (Wildman–Crippen LogP) is 11.9. The maximum absolute atomic E-state index is 12.8. The molecule has 0 aliphatic carbocycles. The normalized spacial score (nSPS) is 15.4. The van der Waals surface area contributed by atoms with Crippen molar-refractivity contribution in [3.63, 3.8) is 0 Å². The smallest absolute Gasteiger partial charge is 0.268 e. The molecule has 0 saturated heterocycles. The molecule has 9 heteroatoms. The Morgan fingerprint density at radius 3 is 1.59 bits per heavy atom. The molecule has 3 atom stereocenters. The lowest BCUT2D eigenvalue weighted by molar-refractivity contribution is -0.870. The third-order valence-electron chi connectivity index (χ3n) is 8.94. The molecule has 0 aliphatic rings. The highest BCUT2D eigenvalue weighted by Crippen LogP contribution is 2.38. The molecular weight excluding hydrogens is 744 g/mol. The van der Waals surface area contributed by atoms with Gasteiger partial charge in [-0.15, -0.1) is 0 Å². The van der Waals surface area contributed by atoms with E-state index in [4.69, 9.17) is 9.05 Å². The zero-order valence-corrected chi connectivity index (χ0v) is 38.1. The van der Waals surface area contributed by atoms with Crippen molar-refractivity contribution >= 4 is 13.7 Å². The van der Waals surface area contributed by atoms with Crippen molar-refractivity contribution in [3.8, 4) is 0 Å². The lowest BCUT2D eigenvalue weighted by Gasteiger charge is -2.29. The second-order valence-electron chi connectivity index (χ2n) is 15.6. The van der Waals surface area contributed by atoms with E-state index >= 15 is 0 Å². The van der Waals surface area contributed by atoms with E-state index < -0.39 is 26.6 Å². The number of allylic oxidation sites excluding steroid dienone is 17. The minimum atomic E-state index is -4.61. The van der Waals surface area contributed by atoms with Gasteiger partial charge in [0.2, 0.25) is 5.91 Å². The maximum Gasteiger partial charge on any atom is 0.268 e. The molecular formula is C49H83N2O6P. The SMILES string of the molecule is CC/C=C\C/C=C\C/C=C\C/C=C\C/C=C\C/C=C\CCCCCCC(=O)NC(COP(=O)([O-])OCC[N+](C)(C)C)C(O)/C=C/CC/C=C/CC/C=C/CCCCC. The van der Waals surface area contributed by atoms with E-state index in [0.717, 1.165) is 89.9 Å². The second kappa shape index (κ2) is 39.6. The molecule has 0 saturated carbocycles. The number of aliphatic hydroxyl groups excluding tert-OH is 1. The van der Waals surface area contributed by atoms with E-state index in [2.05, 4.69) is 116 Å². The largest absolute Gasteiger partial charge is 0.756 e. The lowest BCUT2D eigenvalue weighted by atomic mass is 10.1. The molecule has 8 nitrogen and oxygen atoms in total. The van der Waals surface area contributed by atoms with Crippen LogP contribution in [0, 0.1) is 0 Å². The molecule has 0 spiro atoms. The Labute approximate surface area is 355 Å². The first-order valence-corrected chi connectivity index (χ1v) is 23.7. The first-order chi connectivity index (χ1) is 28.0. The van der Waals surface area contributed by atoms with Crippen LogP contribution < -0.4 is 10.2 Å². The molecule has 0 bridgehead atoms. The topological polar surface area (TPSA) is 108 Å². The van der Waals surface area contributed by atoms with Gasteiger partial charge in [-0.05, 0) is 96.3 Å². The first kappa shape index (κ1) is 55.2. The molecule has 0 fully saturated rings. The Hall–Kier alpha value is -2.84. The average Bonchev–Trinajstić information content (AvgIpc) is 3.17. The number of rotatable bonds is 38. The number of phosphoric ester groups is 1. The molecule has 330 valence electrons. The number of nitrogens with zero attached hydrogens (tertiary/aromatic N) is 1. The molecule has 2 N–H and O–H groups in total. The fraction of sp³-hybridized carbons (Fsp3) is 0.612. The van der Waals surface area contributed by atoms with Crippen molar-refractivity contribution < 1.29 is 32.9 Å². The van der Waals surface area contributed by atoms with Gasteiger partial charge in [0, 0.05) is 6.42 Å². The van der Waals surface area contributed by atoms with Crippen molar-refractivity contribution in [2.24, 2.45) is 0 Å². The molecule has 0 aromatic carbocycles. The number of nitrogens with one attached hydrogen (secondary N) is 1. The minimum absolute atomic E-state index is 0.0212. The quantitative estimate of drug-likeness (QED) is 0.0278. The molecule has 0 radical (unpaired) electrons. The van der Waals surface area contributed by atoms with Crippen LogP contribution >= 0.6 is 7.82 Å². The van der Waals surface area contributed by atoms with Crippen LogP contribution in [-0.2, 0) is 18.4 Å². The summed E-state index contributed by atoms with van der Waals surface area (Å²) in [7, 11) is 1.19. The van der Waals surface area contributed by atoms with Crippen molar-refractivity contribution in [3.05, 3.63) is 109 Å². The van der Waals surface area contributed by atoms with Crippen LogP contribution in [0.25, 0.3) is 0 Å². The highest BCUT2D eigenvalue weighted by Gasteiger charge is 2.23. The number of likely N-dealkylation sites (N-methyl/N-ethyl adjacent to an activating group) is 1. The molecule has 0 heterocycles. The monoisotopic (exact) mass is 827 g/mol. The van der Waals surface area contributed by atoms with E-state index in [0.29, 0.717) is 30.3 Å². The van der Waals surface area contributed by atoms with Crippen LogP contribution in [0.5, 0.6) is 0 Å². The van der Waals surface area contributed by atoms with E-state index in [1.165, 1.54) is 19.3 Å². The summed E-state index contributed by atoms with van der Waals surface area (Å²) in [5, 5.41) is 13.7. The number of aliphatic hydroxyl groups is 1. The number of quaternary nitrogens is 1. The number of carbonyl (C=O) groups excluding carboxylic acids is 1. The zero-order valence-electron chi connectivity index (χ0n) is 37.2. The lowest BCUT2D eigenvalue weighted by Crippen LogP contribution is -2.45. The van der Waals surface area contributed by atoms with Gasteiger partial charge in [-0.2, -0.15) is 0 Å². The predicted molar refractivity (Wildman–Crippen MR) is 246 cm³/mol. The number of carbonyl (C=O) groups is 1. The highest BCUT2D eigenvalue weighted by atomic mass is 31.2. The molecule has 58 heavy (non-hydrogen) atoms. The maximum atomic E-state index is 12.8. The summed E-state index contributed by atoms with van der Waals surface area (Å²) >= 11 is 0. The Morgan fingerprint density at radius 1 is 0.621 bits per heavy atom. The summed E-state index contributed by atoms with van der Waals surface area (Å²) in [6.07, 6.45) is 57.1. The van der Waals surface area contributed by atoms with Crippen LogP contribution in [0.15, 0.2) is 109 Å². The molecule has 0 rings (SSSR count). The third kappa shape index (κ3) is 41.3. The summed E-state index contributed by atoms with van der Waals surface area (Å²) in [5.74, 6) is -0.243. The first-order valence-electron chi connectivity index (χ1n) is 22.2. The van der Waals surface area contributed by atoms with Crippen molar-refractivity contribution in [1.82, 2.24) is 5.32 Å². The fourth-order valence-electron chi connectivity index (χ4n) is 5.42. The average molecular weight is 827 g/mol. The Morgan fingerprint density at radius 2 is 1.07 bits per heavy atom.